The molecule has 0 amide bonds. The van der Waals surface area contributed by atoms with Crippen molar-refractivity contribution in [1.29, 1.82) is 0 Å². The largest absolute Gasteiger partial charge is 0.369 e. The molecule has 0 aromatic heterocycles. The second-order valence-corrected chi connectivity index (χ2v) is 6.27. The summed E-state index contributed by atoms with van der Waals surface area (Å²) in [5, 5.41) is 0. The van der Waals surface area contributed by atoms with Crippen LogP contribution in [0, 0.1) is 13.8 Å². The van der Waals surface area contributed by atoms with Crippen LogP contribution in [0.2, 0.25) is 0 Å². The van der Waals surface area contributed by atoms with Gasteiger partial charge >= 0.3 is 0 Å². The Kier molecular flexibility index (Phi) is 9.29. The maximum atomic E-state index is 2.28. The fourth-order valence-corrected chi connectivity index (χ4v) is 2.61. The molecule has 2 rings (SSSR count). The van der Waals surface area contributed by atoms with Gasteiger partial charge in [-0.25, -0.2) is 0 Å². The summed E-state index contributed by atoms with van der Waals surface area (Å²) < 4.78 is 0. The minimum atomic E-state index is 0.845. The van der Waals surface area contributed by atoms with Gasteiger partial charge in [0.05, 0.1) is 6.54 Å². The smallest absolute Gasteiger partial charge is 0.0578 e. The topological polar surface area (TPSA) is 6.48 Å². The van der Waals surface area contributed by atoms with E-state index in [-0.39, 0.29) is 0 Å². The van der Waals surface area contributed by atoms with E-state index in [0.29, 0.717) is 0 Å². The average Bonchev–Trinajstić information content (AvgIpc) is 2.66. The predicted octanol–water partition coefficient (Wildman–Crippen LogP) is 6.36. The molecule has 0 aliphatic carbocycles. The molecular weight excluding hydrogens is 316 g/mol. The normalized spacial score (nSPS) is 11.1. The molecule has 2 heteroatoms. The van der Waals surface area contributed by atoms with Gasteiger partial charge in [0.15, 0.2) is 0 Å². The molecule has 0 fully saturated rings. The van der Waals surface area contributed by atoms with Gasteiger partial charge in [-0.15, -0.1) is 0 Å². The van der Waals surface area contributed by atoms with Crippen LogP contribution in [-0.4, -0.2) is 20.6 Å². The molecule has 0 aliphatic heterocycles. The molecule has 0 aliphatic rings. The second-order valence-electron chi connectivity index (χ2n) is 6.27. The van der Waals surface area contributed by atoms with Crippen molar-refractivity contribution >= 4 is 11.4 Å². The first-order chi connectivity index (χ1) is 12.5. The fraction of sp³-hybridized carbons (Fsp3) is 0.333. The number of hydrogen-bond donors (Lipinski definition) is 0. The highest BCUT2D eigenvalue weighted by Gasteiger charge is 2.10. The highest BCUT2D eigenvalue weighted by Crippen LogP contribution is 2.21. The van der Waals surface area contributed by atoms with Gasteiger partial charge < -0.3 is 9.80 Å². The first-order valence-electron chi connectivity index (χ1n) is 9.41. The predicted molar refractivity (Wildman–Crippen MR) is 118 cm³/mol. The summed E-state index contributed by atoms with van der Waals surface area (Å²) in [5.41, 5.74) is 6.25. The first-order valence-corrected chi connectivity index (χ1v) is 9.41. The molecule has 140 valence electrons. The Hall–Kier alpha value is -2.48. The lowest BCUT2D eigenvalue weighted by Gasteiger charge is -2.28. The molecule has 0 bridgehead atoms. The van der Waals surface area contributed by atoms with E-state index in [2.05, 4.69) is 105 Å². The number of benzene rings is 2. The average molecular weight is 351 g/mol. The molecular formula is C24H34N2. The van der Waals surface area contributed by atoms with Crippen molar-refractivity contribution < 1.29 is 0 Å². The summed E-state index contributed by atoms with van der Waals surface area (Å²) in [4.78, 5) is 4.54. The van der Waals surface area contributed by atoms with Crippen molar-refractivity contribution in [2.75, 3.05) is 30.4 Å². The van der Waals surface area contributed by atoms with E-state index in [1.54, 1.807) is 0 Å². The molecule has 2 aromatic carbocycles. The standard InChI is InChI=1S/C22H28N2.C2H6/c1-6-7-10-22(24(5)20-14-12-18(2)13-15-20)17-23(4)21-11-8-9-19(3)16-21;1-2/h6-16H,17H2,1-5H3;1-2H3/b7-6-,22-10+;. The Morgan fingerprint density at radius 1 is 0.885 bits per heavy atom. The van der Waals surface area contributed by atoms with Crippen LogP contribution in [0.4, 0.5) is 11.4 Å². The third-order valence-corrected chi connectivity index (χ3v) is 4.17. The molecule has 2 nitrogen and oxygen atoms in total. The lowest BCUT2D eigenvalue weighted by molar-refractivity contribution is 0.926. The van der Waals surface area contributed by atoms with E-state index in [4.69, 9.17) is 0 Å². The van der Waals surface area contributed by atoms with Crippen LogP contribution in [-0.2, 0) is 0 Å². The molecule has 0 spiro atoms. The molecule has 2 aromatic rings. The number of allylic oxidation sites excluding steroid dienone is 3. The summed E-state index contributed by atoms with van der Waals surface area (Å²) in [5.74, 6) is 0. The van der Waals surface area contributed by atoms with Gasteiger partial charge in [-0.1, -0.05) is 55.8 Å². The zero-order valence-electron chi connectivity index (χ0n) is 17.5. The Labute approximate surface area is 160 Å². The van der Waals surface area contributed by atoms with Gasteiger partial charge in [0, 0.05) is 31.2 Å². The summed E-state index contributed by atoms with van der Waals surface area (Å²) in [6.07, 6.45) is 6.35. The monoisotopic (exact) mass is 350 g/mol. The van der Waals surface area contributed by atoms with Crippen LogP contribution in [0.1, 0.15) is 31.9 Å². The molecule has 0 unspecified atom stereocenters. The summed E-state index contributed by atoms with van der Waals surface area (Å²) in [6, 6.07) is 17.3. The van der Waals surface area contributed by atoms with Crippen LogP contribution in [0.25, 0.3) is 0 Å². The number of anilines is 2. The van der Waals surface area contributed by atoms with Gasteiger partial charge in [0.2, 0.25) is 0 Å². The Morgan fingerprint density at radius 3 is 2.12 bits per heavy atom. The third-order valence-electron chi connectivity index (χ3n) is 4.17. The van der Waals surface area contributed by atoms with Gasteiger partial charge in [-0.05, 0) is 56.7 Å². The molecule has 0 radical (unpaired) electrons. The number of rotatable bonds is 6. The van der Waals surface area contributed by atoms with Crippen LogP contribution in [0.3, 0.4) is 0 Å². The van der Waals surface area contributed by atoms with Crippen molar-refractivity contribution in [2.45, 2.75) is 34.6 Å². The zero-order valence-corrected chi connectivity index (χ0v) is 17.5. The van der Waals surface area contributed by atoms with Crippen LogP contribution in [0.5, 0.6) is 0 Å². The molecule has 0 saturated carbocycles. The molecule has 0 N–H and O–H groups in total. The molecule has 26 heavy (non-hydrogen) atoms. The first kappa shape index (κ1) is 21.6. The zero-order chi connectivity index (χ0) is 19.5. The van der Waals surface area contributed by atoms with E-state index in [9.17, 15) is 0 Å². The van der Waals surface area contributed by atoms with Crippen LogP contribution < -0.4 is 9.80 Å². The fourth-order valence-electron chi connectivity index (χ4n) is 2.61. The maximum Gasteiger partial charge on any atom is 0.0578 e. The van der Waals surface area contributed by atoms with Crippen molar-refractivity contribution in [1.82, 2.24) is 0 Å². The van der Waals surface area contributed by atoms with E-state index in [1.165, 1.54) is 28.2 Å². The summed E-state index contributed by atoms with van der Waals surface area (Å²) >= 11 is 0. The number of hydrogen-bond acceptors (Lipinski definition) is 2. The van der Waals surface area contributed by atoms with Crippen molar-refractivity contribution in [2.24, 2.45) is 0 Å². The Balaban J connectivity index is 0.00000163. The maximum absolute atomic E-state index is 2.28. The van der Waals surface area contributed by atoms with Gasteiger partial charge in [-0.3, -0.25) is 0 Å². The molecule has 0 atom stereocenters. The van der Waals surface area contributed by atoms with Crippen LogP contribution in [0.15, 0.2) is 72.5 Å². The minimum absolute atomic E-state index is 0.845. The quantitative estimate of drug-likeness (QED) is 0.559. The summed E-state index contributed by atoms with van der Waals surface area (Å²) in [6.45, 7) is 11.1. The number of likely N-dealkylation sites (N-methyl/N-ethyl adjacent to an activating group) is 2. The van der Waals surface area contributed by atoms with Gasteiger partial charge in [0.25, 0.3) is 0 Å². The highest BCUT2D eigenvalue weighted by atomic mass is 15.2. The van der Waals surface area contributed by atoms with E-state index < -0.39 is 0 Å². The lowest BCUT2D eigenvalue weighted by atomic mass is 10.2. The van der Waals surface area contributed by atoms with E-state index >= 15 is 0 Å². The Morgan fingerprint density at radius 2 is 1.54 bits per heavy atom. The molecule has 0 saturated heterocycles. The van der Waals surface area contributed by atoms with Crippen molar-refractivity contribution in [3.8, 4) is 0 Å². The van der Waals surface area contributed by atoms with Crippen LogP contribution >= 0.6 is 0 Å². The Bertz CT molecular complexity index is 711. The third kappa shape index (κ3) is 6.44. The van der Waals surface area contributed by atoms with E-state index in [0.717, 1.165) is 6.54 Å². The SMILES string of the molecule is C/C=C\C=C(/CN(C)c1cccc(C)c1)N(C)c1ccc(C)cc1.CC. The second kappa shape index (κ2) is 11.2. The summed E-state index contributed by atoms with van der Waals surface area (Å²) in [7, 11) is 4.27. The van der Waals surface area contributed by atoms with Crippen molar-refractivity contribution in [3.63, 3.8) is 0 Å². The highest BCUT2D eigenvalue weighted by molar-refractivity contribution is 5.55. The molecule has 0 heterocycles. The van der Waals surface area contributed by atoms with E-state index in [1.807, 2.05) is 20.8 Å². The van der Waals surface area contributed by atoms with Gasteiger partial charge in [0.1, 0.15) is 0 Å². The lowest BCUT2D eigenvalue weighted by Crippen LogP contribution is -2.28. The minimum Gasteiger partial charge on any atom is -0.369 e. The van der Waals surface area contributed by atoms with Gasteiger partial charge in [-0.2, -0.15) is 0 Å². The number of aryl methyl sites for hydroxylation is 2. The van der Waals surface area contributed by atoms with Crippen molar-refractivity contribution in [3.05, 3.63) is 83.6 Å². The number of nitrogens with zero attached hydrogens (tertiary/aromatic N) is 2.